The number of hydrogen-bond donors (Lipinski definition) is 1. The molecule has 0 radical (unpaired) electrons. The minimum atomic E-state index is -0.292. The molecule has 170 valence electrons. The Kier molecular flexibility index (Phi) is 5.83. The van der Waals surface area contributed by atoms with E-state index in [0.29, 0.717) is 54.8 Å². The van der Waals surface area contributed by atoms with Crippen LogP contribution in [-0.2, 0) is 30.8 Å². The van der Waals surface area contributed by atoms with E-state index in [2.05, 4.69) is 27.3 Å². The Morgan fingerprint density at radius 3 is 2.70 bits per heavy atom. The van der Waals surface area contributed by atoms with Gasteiger partial charge in [0.05, 0.1) is 5.69 Å². The van der Waals surface area contributed by atoms with Crippen molar-refractivity contribution in [3.63, 3.8) is 0 Å². The summed E-state index contributed by atoms with van der Waals surface area (Å²) in [4.78, 5) is 32.8. The molecule has 3 aromatic rings. The Morgan fingerprint density at radius 2 is 1.88 bits per heavy atom. The monoisotopic (exact) mass is 446 g/mol. The van der Waals surface area contributed by atoms with Crippen LogP contribution in [-0.4, -0.2) is 40.1 Å². The van der Waals surface area contributed by atoms with E-state index in [1.165, 1.54) is 10.1 Å². The lowest BCUT2D eigenvalue weighted by Gasteiger charge is -2.28. The number of aryl methyl sites for hydroxylation is 1. The Bertz CT molecular complexity index is 1240. The lowest BCUT2D eigenvalue weighted by atomic mass is 10.1. The highest BCUT2D eigenvalue weighted by Gasteiger charge is 2.23. The molecule has 1 aromatic heterocycles. The van der Waals surface area contributed by atoms with Crippen LogP contribution < -0.4 is 20.3 Å². The van der Waals surface area contributed by atoms with Gasteiger partial charge in [0.2, 0.25) is 5.91 Å². The smallest absolute Gasteiger partial charge is 0.257 e. The molecule has 0 spiro atoms. The second kappa shape index (κ2) is 9.07. The maximum Gasteiger partial charge on any atom is 0.257 e. The molecule has 3 heterocycles. The Hall–Kier alpha value is -3.65. The normalized spacial score (nSPS) is 15.1. The predicted molar refractivity (Wildman–Crippen MR) is 124 cm³/mol. The van der Waals surface area contributed by atoms with Gasteiger partial charge < -0.3 is 14.8 Å². The summed E-state index contributed by atoms with van der Waals surface area (Å²) in [5.74, 6) is 1.51. The van der Waals surface area contributed by atoms with Crippen molar-refractivity contribution in [2.45, 2.75) is 33.0 Å². The van der Waals surface area contributed by atoms with Crippen molar-refractivity contribution in [2.24, 2.45) is 0 Å². The number of aromatic nitrogens is 2. The van der Waals surface area contributed by atoms with Gasteiger partial charge in [-0.2, -0.15) is 0 Å². The molecule has 1 amide bonds. The molecule has 0 atom stereocenters. The van der Waals surface area contributed by atoms with Gasteiger partial charge in [0, 0.05) is 37.0 Å². The number of anilines is 1. The van der Waals surface area contributed by atoms with Gasteiger partial charge in [0.15, 0.2) is 11.5 Å². The van der Waals surface area contributed by atoms with Crippen molar-refractivity contribution < 1.29 is 14.3 Å². The fourth-order valence-electron chi connectivity index (χ4n) is 4.33. The van der Waals surface area contributed by atoms with Crippen molar-refractivity contribution in [2.75, 3.05) is 25.1 Å². The molecular formula is C25H26N4O4. The summed E-state index contributed by atoms with van der Waals surface area (Å²) in [6.45, 7) is 4.90. The molecule has 2 aliphatic rings. The first-order valence-electron chi connectivity index (χ1n) is 11.1. The van der Waals surface area contributed by atoms with Gasteiger partial charge in [0.25, 0.3) is 5.56 Å². The van der Waals surface area contributed by atoms with E-state index in [4.69, 9.17) is 9.47 Å². The van der Waals surface area contributed by atoms with Crippen molar-refractivity contribution >= 4 is 11.6 Å². The van der Waals surface area contributed by atoms with Crippen LogP contribution in [0.15, 0.2) is 53.3 Å². The van der Waals surface area contributed by atoms with E-state index in [0.717, 1.165) is 18.8 Å². The average Bonchev–Trinajstić information content (AvgIpc) is 2.82. The standard InChI is InChI=1S/C25H26N4O4/c1-17-26-21-15-28(14-18-5-3-2-4-6-18)10-9-20(21)25(31)29(17)16-24(30)27-19-7-8-22-23(13-19)33-12-11-32-22/h2-8,13H,9-12,14-16H2,1H3,(H,27,30). The molecule has 1 N–H and O–H groups in total. The molecule has 8 nitrogen and oxygen atoms in total. The molecule has 0 saturated heterocycles. The summed E-state index contributed by atoms with van der Waals surface area (Å²) in [5.41, 5.74) is 3.22. The van der Waals surface area contributed by atoms with Crippen LogP contribution in [0.3, 0.4) is 0 Å². The first-order chi connectivity index (χ1) is 16.1. The third-order valence-corrected chi connectivity index (χ3v) is 5.97. The highest BCUT2D eigenvalue weighted by atomic mass is 16.6. The highest BCUT2D eigenvalue weighted by Crippen LogP contribution is 2.32. The third-order valence-electron chi connectivity index (χ3n) is 5.97. The van der Waals surface area contributed by atoms with Crippen molar-refractivity contribution in [1.29, 1.82) is 0 Å². The number of nitrogens with one attached hydrogen (secondary N) is 1. The molecule has 5 rings (SSSR count). The van der Waals surface area contributed by atoms with Gasteiger partial charge in [-0.25, -0.2) is 4.98 Å². The van der Waals surface area contributed by atoms with Crippen molar-refractivity contribution in [1.82, 2.24) is 14.5 Å². The van der Waals surface area contributed by atoms with Crippen molar-refractivity contribution in [3.8, 4) is 11.5 Å². The Morgan fingerprint density at radius 1 is 1.09 bits per heavy atom. The lowest BCUT2D eigenvalue weighted by molar-refractivity contribution is -0.116. The van der Waals surface area contributed by atoms with E-state index in [1.54, 1.807) is 25.1 Å². The second-order valence-electron chi connectivity index (χ2n) is 8.33. The Labute approximate surface area is 191 Å². The van der Waals surface area contributed by atoms with Crippen LogP contribution in [0, 0.1) is 6.92 Å². The largest absolute Gasteiger partial charge is 0.486 e. The van der Waals surface area contributed by atoms with Gasteiger partial charge in [-0.3, -0.25) is 19.1 Å². The van der Waals surface area contributed by atoms with Gasteiger partial charge in [-0.1, -0.05) is 30.3 Å². The molecule has 0 aliphatic carbocycles. The third kappa shape index (κ3) is 4.61. The summed E-state index contributed by atoms with van der Waals surface area (Å²) in [7, 11) is 0. The SMILES string of the molecule is Cc1nc2c(c(=O)n1CC(=O)Nc1ccc3c(c1)OCCO3)CCN(Cc1ccccc1)C2. The summed E-state index contributed by atoms with van der Waals surface area (Å²) in [6, 6.07) is 15.5. The topological polar surface area (TPSA) is 85.7 Å². The van der Waals surface area contributed by atoms with Gasteiger partial charge in [-0.15, -0.1) is 0 Å². The Balaban J connectivity index is 1.29. The second-order valence-corrected chi connectivity index (χ2v) is 8.33. The summed E-state index contributed by atoms with van der Waals surface area (Å²) in [6.07, 6.45) is 0.623. The molecular weight excluding hydrogens is 420 g/mol. The van der Waals surface area contributed by atoms with Crippen LogP contribution in [0.5, 0.6) is 11.5 Å². The summed E-state index contributed by atoms with van der Waals surface area (Å²) >= 11 is 0. The number of rotatable bonds is 5. The summed E-state index contributed by atoms with van der Waals surface area (Å²) < 4.78 is 12.5. The van der Waals surface area contributed by atoms with E-state index < -0.39 is 0 Å². The molecule has 8 heteroatoms. The quantitative estimate of drug-likeness (QED) is 0.648. The molecule has 2 aliphatic heterocycles. The maximum atomic E-state index is 13.2. The average molecular weight is 447 g/mol. The molecule has 33 heavy (non-hydrogen) atoms. The number of nitrogens with zero attached hydrogens (tertiary/aromatic N) is 3. The summed E-state index contributed by atoms with van der Waals surface area (Å²) in [5, 5.41) is 2.84. The number of fused-ring (bicyclic) bond motifs is 2. The van der Waals surface area contributed by atoms with E-state index >= 15 is 0 Å². The lowest BCUT2D eigenvalue weighted by Crippen LogP contribution is -2.39. The predicted octanol–water partition coefficient (Wildman–Crippen LogP) is 2.52. The van der Waals surface area contributed by atoms with Gasteiger partial charge in [-0.05, 0) is 31.0 Å². The van der Waals surface area contributed by atoms with Gasteiger partial charge >= 0.3 is 0 Å². The number of amides is 1. The van der Waals surface area contributed by atoms with Crippen LogP contribution in [0.2, 0.25) is 0 Å². The maximum absolute atomic E-state index is 13.2. The highest BCUT2D eigenvalue weighted by molar-refractivity contribution is 5.91. The molecule has 0 saturated carbocycles. The van der Waals surface area contributed by atoms with E-state index in [-0.39, 0.29) is 18.0 Å². The molecule has 0 fully saturated rings. The fourth-order valence-corrected chi connectivity index (χ4v) is 4.33. The minimum Gasteiger partial charge on any atom is -0.486 e. The van der Waals surface area contributed by atoms with Gasteiger partial charge in [0.1, 0.15) is 25.6 Å². The molecule has 0 bridgehead atoms. The molecule has 0 unspecified atom stereocenters. The molecule has 2 aromatic carbocycles. The zero-order chi connectivity index (χ0) is 22.8. The number of benzene rings is 2. The first-order valence-corrected chi connectivity index (χ1v) is 11.1. The van der Waals surface area contributed by atoms with E-state index in [1.807, 2.05) is 18.2 Å². The number of carbonyl (C=O) groups is 1. The zero-order valence-corrected chi connectivity index (χ0v) is 18.5. The number of ether oxygens (including phenoxy) is 2. The van der Waals surface area contributed by atoms with Crippen LogP contribution in [0.25, 0.3) is 0 Å². The zero-order valence-electron chi connectivity index (χ0n) is 18.5. The van der Waals surface area contributed by atoms with Crippen LogP contribution >= 0.6 is 0 Å². The first kappa shape index (κ1) is 21.2. The minimum absolute atomic E-state index is 0.0902. The number of carbonyl (C=O) groups excluding carboxylic acids is 1. The fraction of sp³-hybridized carbons (Fsp3) is 0.320. The van der Waals surface area contributed by atoms with E-state index in [9.17, 15) is 9.59 Å². The van der Waals surface area contributed by atoms with Crippen LogP contribution in [0.1, 0.15) is 22.6 Å². The van der Waals surface area contributed by atoms with Crippen molar-refractivity contribution in [3.05, 3.63) is 81.5 Å². The van der Waals surface area contributed by atoms with Crippen LogP contribution in [0.4, 0.5) is 5.69 Å². The number of hydrogen-bond acceptors (Lipinski definition) is 6.